The molecule has 214 valence electrons. The Kier molecular flexibility index (Phi) is 5.08. The average molecular weight is 638 g/mol. The minimum atomic E-state index is 1.20. The molecular formula is C42H23NS3. The van der Waals surface area contributed by atoms with Crippen molar-refractivity contribution in [3.8, 4) is 16.8 Å². The summed E-state index contributed by atoms with van der Waals surface area (Å²) in [5.74, 6) is 0. The van der Waals surface area contributed by atoms with Crippen LogP contribution in [-0.2, 0) is 0 Å². The summed E-state index contributed by atoms with van der Waals surface area (Å²) in [4.78, 5) is 0. The first-order chi connectivity index (χ1) is 22.8. The van der Waals surface area contributed by atoms with Gasteiger partial charge in [0.2, 0.25) is 0 Å². The number of nitrogens with zero attached hydrogens (tertiary/aromatic N) is 1. The molecule has 0 bridgehead atoms. The molecule has 11 rings (SSSR count). The Labute approximate surface area is 275 Å². The largest absolute Gasteiger partial charge is 0.309 e. The Bertz CT molecular complexity index is 3040. The molecule has 4 heteroatoms. The molecule has 0 atom stereocenters. The molecular weight excluding hydrogens is 615 g/mol. The average Bonchev–Trinajstić information content (AvgIpc) is 3.86. The molecule has 0 N–H and O–H groups in total. The number of thiophene rings is 3. The Morgan fingerprint density at radius 2 is 0.957 bits per heavy atom. The van der Waals surface area contributed by atoms with Gasteiger partial charge < -0.3 is 4.57 Å². The lowest BCUT2D eigenvalue weighted by atomic mass is 9.98. The topological polar surface area (TPSA) is 4.93 Å². The molecule has 1 nitrogen and oxygen atoms in total. The van der Waals surface area contributed by atoms with Gasteiger partial charge in [-0.1, -0.05) is 84.9 Å². The normalized spacial score (nSPS) is 12.3. The van der Waals surface area contributed by atoms with E-state index in [0.29, 0.717) is 0 Å². The molecule has 4 aromatic heterocycles. The lowest BCUT2D eigenvalue weighted by molar-refractivity contribution is 1.19. The van der Waals surface area contributed by atoms with Crippen LogP contribution in [0.1, 0.15) is 0 Å². The van der Waals surface area contributed by atoms with Crippen LogP contribution in [0.5, 0.6) is 0 Å². The molecule has 0 saturated carbocycles. The Morgan fingerprint density at radius 3 is 1.80 bits per heavy atom. The number of hydrogen-bond acceptors (Lipinski definition) is 3. The third-order valence-electron chi connectivity index (χ3n) is 9.61. The van der Waals surface area contributed by atoms with Crippen molar-refractivity contribution in [2.45, 2.75) is 0 Å². The van der Waals surface area contributed by atoms with E-state index >= 15 is 0 Å². The quantitative estimate of drug-likeness (QED) is 0.178. The number of benzene rings is 7. The summed E-state index contributed by atoms with van der Waals surface area (Å²) in [7, 11) is 0. The zero-order valence-corrected chi connectivity index (χ0v) is 26.9. The SMILES string of the molecule is c1ccc2c(c1)sc1cccc(-c3cccc4c3sc3ccc(-n5c6ccccc6c6c7c(ccc65)sc5ccccc57)cc34)c12. The molecule has 0 amide bonds. The van der Waals surface area contributed by atoms with Crippen molar-refractivity contribution in [1.82, 2.24) is 4.57 Å². The Hall–Kier alpha value is -5.00. The van der Waals surface area contributed by atoms with E-state index in [0.717, 1.165) is 0 Å². The van der Waals surface area contributed by atoms with Gasteiger partial charge in [-0.3, -0.25) is 0 Å². The van der Waals surface area contributed by atoms with Crippen LogP contribution in [0.15, 0.2) is 140 Å². The van der Waals surface area contributed by atoms with Crippen LogP contribution in [0.25, 0.3) is 99.1 Å². The van der Waals surface area contributed by atoms with E-state index in [4.69, 9.17) is 0 Å². The first kappa shape index (κ1) is 25.2. The predicted octanol–water partition coefficient (Wildman–Crippen LogP) is 13.6. The summed E-state index contributed by atoms with van der Waals surface area (Å²) in [6.07, 6.45) is 0. The van der Waals surface area contributed by atoms with Gasteiger partial charge in [-0.25, -0.2) is 0 Å². The van der Waals surface area contributed by atoms with Crippen LogP contribution in [0.2, 0.25) is 0 Å². The molecule has 11 aromatic rings. The molecule has 7 aromatic carbocycles. The zero-order chi connectivity index (χ0) is 29.9. The highest BCUT2D eigenvalue weighted by atomic mass is 32.1. The molecule has 46 heavy (non-hydrogen) atoms. The fourth-order valence-corrected chi connectivity index (χ4v) is 11.1. The zero-order valence-electron chi connectivity index (χ0n) is 24.5. The maximum Gasteiger partial charge on any atom is 0.0548 e. The van der Waals surface area contributed by atoms with Crippen molar-refractivity contribution in [3.63, 3.8) is 0 Å². The molecule has 0 radical (unpaired) electrons. The van der Waals surface area contributed by atoms with E-state index in [9.17, 15) is 0 Å². The second-order valence-corrected chi connectivity index (χ2v) is 15.2. The van der Waals surface area contributed by atoms with Gasteiger partial charge in [0, 0.05) is 82.5 Å². The van der Waals surface area contributed by atoms with Gasteiger partial charge in [0.05, 0.1) is 11.0 Å². The number of aromatic nitrogens is 1. The highest BCUT2D eigenvalue weighted by Crippen LogP contribution is 2.47. The fraction of sp³-hybridized carbons (Fsp3) is 0. The first-order valence-electron chi connectivity index (χ1n) is 15.5. The molecule has 4 heterocycles. The number of fused-ring (bicyclic) bond motifs is 13. The van der Waals surface area contributed by atoms with Crippen LogP contribution in [-0.4, -0.2) is 4.57 Å². The molecule has 0 aliphatic rings. The standard InChI is InChI=1S/C42H23NS3/c1-4-15-32-28(9-1)40-33(20-22-38-41(40)30-11-3-6-17-35(30)45-38)43(32)24-19-21-36-31(23-24)27-14-7-13-26(42(27)46-36)25-12-8-18-37-39(25)29-10-2-5-16-34(29)44-37/h1-23H. The van der Waals surface area contributed by atoms with Crippen LogP contribution >= 0.6 is 34.0 Å². The predicted molar refractivity (Wildman–Crippen MR) is 205 cm³/mol. The third kappa shape index (κ3) is 3.33. The highest BCUT2D eigenvalue weighted by Gasteiger charge is 2.19. The van der Waals surface area contributed by atoms with Gasteiger partial charge in [0.15, 0.2) is 0 Å². The number of hydrogen-bond donors (Lipinski definition) is 0. The number of para-hydroxylation sites is 1. The molecule has 0 aliphatic heterocycles. The smallest absolute Gasteiger partial charge is 0.0548 e. The minimum Gasteiger partial charge on any atom is -0.309 e. The molecule has 0 saturated heterocycles. The van der Waals surface area contributed by atoms with Crippen molar-refractivity contribution in [3.05, 3.63) is 140 Å². The summed E-state index contributed by atoms with van der Waals surface area (Å²) >= 11 is 5.69. The lowest BCUT2D eigenvalue weighted by Gasteiger charge is -2.09. The lowest BCUT2D eigenvalue weighted by Crippen LogP contribution is -1.93. The van der Waals surface area contributed by atoms with E-state index < -0.39 is 0 Å². The van der Waals surface area contributed by atoms with Crippen molar-refractivity contribution < 1.29 is 0 Å². The van der Waals surface area contributed by atoms with Gasteiger partial charge in [0.25, 0.3) is 0 Å². The van der Waals surface area contributed by atoms with Gasteiger partial charge in [0.1, 0.15) is 0 Å². The van der Waals surface area contributed by atoms with Crippen LogP contribution < -0.4 is 0 Å². The third-order valence-corrected chi connectivity index (χ3v) is 13.1. The molecule has 0 aliphatic carbocycles. The van der Waals surface area contributed by atoms with Crippen LogP contribution in [0, 0.1) is 0 Å². The van der Waals surface area contributed by atoms with E-state index in [1.165, 1.54) is 99.1 Å². The van der Waals surface area contributed by atoms with Crippen molar-refractivity contribution in [1.29, 1.82) is 0 Å². The summed E-state index contributed by atoms with van der Waals surface area (Å²) in [6, 6.07) is 51.9. The highest BCUT2D eigenvalue weighted by molar-refractivity contribution is 7.27. The number of rotatable bonds is 2. The molecule has 0 fully saturated rings. The second-order valence-electron chi connectivity index (χ2n) is 12.0. The second kappa shape index (κ2) is 9.27. The Balaban J connectivity index is 1.19. The minimum absolute atomic E-state index is 1.20. The molecule has 0 spiro atoms. The van der Waals surface area contributed by atoms with E-state index in [2.05, 4.69) is 144 Å². The van der Waals surface area contributed by atoms with Gasteiger partial charge in [-0.05, 0) is 60.2 Å². The first-order valence-corrected chi connectivity index (χ1v) is 18.0. The summed E-state index contributed by atoms with van der Waals surface area (Å²) in [5, 5.41) is 10.7. The van der Waals surface area contributed by atoms with Crippen LogP contribution in [0.4, 0.5) is 0 Å². The summed E-state index contributed by atoms with van der Waals surface area (Å²) in [6.45, 7) is 0. The fourth-order valence-electron chi connectivity index (χ4n) is 7.69. The maximum atomic E-state index is 2.47. The van der Waals surface area contributed by atoms with E-state index in [1.807, 2.05) is 34.0 Å². The van der Waals surface area contributed by atoms with Crippen LogP contribution in [0.3, 0.4) is 0 Å². The van der Waals surface area contributed by atoms with Crippen molar-refractivity contribution in [2.24, 2.45) is 0 Å². The van der Waals surface area contributed by atoms with Gasteiger partial charge >= 0.3 is 0 Å². The van der Waals surface area contributed by atoms with Gasteiger partial charge in [-0.2, -0.15) is 0 Å². The Morgan fingerprint density at radius 1 is 0.348 bits per heavy atom. The summed E-state index contributed by atoms with van der Waals surface area (Å²) in [5.41, 5.74) is 6.34. The van der Waals surface area contributed by atoms with Gasteiger partial charge in [-0.15, -0.1) is 34.0 Å². The maximum absolute atomic E-state index is 2.47. The summed E-state index contributed by atoms with van der Waals surface area (Å²) < 4.78 is 10.5. The van der Waals surface area contributed by atoms with Crippen molar-refractivity contribution >= 4 is 116 Å². The monoisotopic (exact) mass is 637 g/mol. The van der Waals surface area contributed by atoms with Crippen molar-refractivity contribution in [2.75, 3.05) is 0 Å². The van der Waals surface area contributed by atoms with E-state index in [1.54, 1.807) is 0 Å². The van der Waals surface area contributed by atoms with E-state index in [-0.39, 0.29) is 0 Å². The molecule has 0 unspecified atom stereocenters.